The van der Waals surface area contributed by atoms with Crippen LogP contribution in [0.1, 0.15) is 55.1 Å². The van der Waals surface area contributed by atoms with Crippen LogP contribution < -0.4 is 5.32 Å². The first kappa shape index (κ1) is 22.5. The number of hydrogen-bond acceptors (Lipinski definition) is 5. The van der Waals surface area contributed by atoms with Gasteiger partial charge >= 0.3 is 0 Å². The first-order valence-corrected chi connectivity index (χ1v) is 11.9. The molecule has 4 heterocycles. The summed E-state index contributed by atoms with van der Waals surface area (Å²) in [5.41, 5.74) is 1.80. The predicted molar refractivity (Wildman–Crippen MR) is 122 cm³/mol. The van der Waals surface area contributed by atoms with E-state index in [2.05, 4.69) is 20.3 Å². The summed E-state index contributed by atoms with van der Waals surface area (Å²) in [7, 11) is 0. The molecule has 0 saturated carbocycles. The van der Waals surface area contributed by atoms with Gasteiger partial charge in [-0.1, -0.05) is 12.8 Å². The number of likely N-dealkylation sites (tertiary alicyclic amines) is 1. The van der Waals surface area contributed by atoms with Crippen LogP contribution in [0.2, 0.25) is 0 Å². The normalized spacial score (nSPS) is 23.2. The Balaban J connectivity index is 1.59. The van der Waals surface area contributed by atoms with E-state index in [1.807, 2.05) is 36.4 Å². The van der Waals surface area contributed by atoms with Crippen LogP contribution in [-0.4, -0.2) is 68.6 Å². The summed E-state index contributed by atoms with van der Waals surface area (Å²) in [6, 6.07) is 5.84. The fourth-order valence-corrected chi connectivity index (χ4v) is 4.94. The summed E-state index contributed by atoms with van der Waals surface area (Å²) in [4.78, 5) is 34.9. The Morgan fingerprint density at radius 1 is 1.09 bits per heavy atom. The summed E-state index contributed by atoms with van der Waals surface area (Å²) in [5, 5.41) is 7.42. The molecule has 0 bridgehead atoms. The van der Waals surface area contributed by atoms with Gasteiger partial charge in [0.05, 0.1) is 5.92 Å². The molecule has 0 radical (unpaired) electrons. The Labute approximate surface area is 190 Å². The van der Waals surface area contributed by atoms with E-state index in [1.165, 1.54) is 5.56 Å². The van der Waals surface area contributed by atoms with Gasteiger partial charge in [-0.05, 0) is 56.5 Å². The number of aromatic nitrogens is 3. The van der Waals surface area contributed by atoms with Gasteiger partial charge in [0, 0.05) is 57.4 Å². The number of piperidine rings is 1. The first-order valence-electron chi connectivity index (χ1n) is 11.9. The highest BCUT2D eigenvalue weighted by atomic mass is 16.2. The number of carbonyl (C=O) groups is 2. The summed E-state index contributed by atoms with van der Waals surface area (Å²) < 4.78 is 1.74. The molecule has 8 nitrogen and oxygen atoms in total. The Bertz CT molecular complexity index is 899. The maximum Gasteiger partial charge on any atom is 0.272 e. The molecule has 2 atom stereocenters. The van der Waals surface area contributed by atoms with Crippen molar-refractivity contribution in [2.24, 2.45) is 5.92 Å². The molecule has 2 aliphatic heterocycles. The lowest BCUT2D eigenvalue weighted by atomic mass is 9.88. The quantitative estimate of drug-likeness (QED) is 0.792. The van der Waals surface area contributed by atoms with Crippen molar-refractivity contribution in [3.8, 4) is 0 Å². The van der Waals surface area contributed by atoms with Crippen molar-refractivity contribution >= 4 is 11.8 Å². The lowest BCUT2D eigenvalue weighted by molar-refractivity contribution is -0.129. The van der Waals surface area contributed by atoms with Gasteiger partial charge in [0.15, 0.2) is 0 Å². The minimum absolute atomic E-state index is 0.00128. The van der Waals surface area contributed by atoms with Crippen LogP contribution in [0.5, 0.6) is 0 Å². The maximum atomic E-state index is 13.3. The molecule has 2 unspecified atom stereocenters. The third-order valence-corrected chi connectivity index (χ3v) is 6.72. The zero-order valence-electron chi connectivity index (χ0n) is 18.9. The zero-order valence-corrected chi connectivity index (χ0v) is 18.9. The molecule has 8 heteroatoms. The molecular formula is C24H34N6O2. The Morgan fingerprint density at radius 3 is 2.72 bits per heavy atom. The number of rotatable bonds is 4. The summed E-state index contributed by atoms with van der Waals surface area (Å²) in [5.74, 6) is 0.0128. The molecule has 2 fully saturated rings. The number of aryl methyl sites for hydroxylation is 1. The van der Waals surface area contributed by atoms with Gasteiger partial charge in [0.25, 0.3) is 5.91 Å². The van der Waals surface area contributed by atoms with Gasteiger partial charge in [-0.15, -0.1) is 0 Å². The molecule has 2 amide bonds. The number of nitrogens with one attached hydrogen (secondary N) is 1. The molecule has 1 N–H and O–H groups in total. The number of amides is 2. The molecule has 32 heavy (non-hydrogen) atoms. The second kappa shape index (κ2) is 10.7. The van der Waals surface area contributed by atoms with Crippen LogP contribution in [0.15, 0.2) is 36.8 Å². The van der Waals surface area contributed by atoms with E-state index >= 15 is 0 Å². The summed E-state index contributed by atoms with van der Waals surface area (Å²) >= 11 is 0. The standard InChI is InChI=1S/C24H34N6O2/c1-2-30-21(9-14-27-30)24(32)29-16-10-20-22(18-29)28(17-19-7-12-25-13-8-19)15-6-4-3-5-11-26-23(20)31/h7-9,12-14,20,22H,2-6,10-11,15-18H2,1H3,(H,26,31). The third kappa shape index (κ3) is 5.18. The second-order valence-corrected chi connectivity index (χ2v) is 8.78. The lowest BCUT2D eigenvalue weighted by Gasteiger charge is -2.43. The molecular weight excluding hydrogens is 404 g/mol. The van der Waals surface area contributed by atoms with Gasteiger partial charge < -0.3 is 10.2 Å². The van der Waals surface area contributed by atoms with Crippen LogP contribution in [0.3, 0.4) is 0 Å². The number of carbonyl (C=O) groups excluding carboxylic acids is 2. The molecule has 172 valence electrons. The van der Waals surface area contributed by atoms with Crippen LogP contribution in [0.25, 0.3) is 0 Å². The maximum absolute atomic E-state index is 13.3. The van der Waals surface area contributed by atoms with Gasteiger partial charge in [0.1, 0.15) is 5.69 Å². The smallest absolute Gasteiger partial charge is 0.272 e. The third-order valence-electron chi connectivity index (χ3n) is 6.72. The molecule has 0 aliphatic carbocycles. The molecule has 0 aromatic carbocycles. The fourth-order valence-electron chi connectivity index (χ4n) is 4.94. The van der Waals surface area contributed by atoms with Crippen molar-refractivity contribution < 1.29 is 9.59 Å². The highest BCUT2D eigenvalue weighted by Crippen LogP contribution is 2.27. The highest BCUT2D eigenvalue weighted by Gasteiger charge is 2.39. The van der Waals surface area contributed by atoms with Crippen LogP contribution in [-0.2, 0) is 17.9 Å². The minimum Gasteiger partial charge on any atom is -0.356 e. The Kier molecular flexibility index (Phi) is 7.52. The molecule has 2 aliphatic rings. The van der Waals surface area contributed by atoms with Crippen molar-refractivity contribution in [1.29, 1.82) is 0 Å². The number of hydrogen-bond donors (Lipinski definition) is 1. The van der Waals surface area contributed by atoms with E-state index in [1.54, 1.807) is 16.9 Å². The lowest BCUT2D eigenvalue weighted by Crippen LogP contribution is -2.57. The fraction of sp³-hybridized carbons (Fsp3) is 0.583. The van der Waals surface area contributed by atoms with Crippen molar-refractivity contribution in [3.05, 3.63) is 48.0 Å². The molecule has 4 rings (SSSR count). The van der Waals surface area contributed by atoms with Gasteiger partial charge in [-0.2, -0.15) is 5.10 Å². The molecule has 2 aromatic rings. The van der Waals surface area contributed by atoms with E-state index < -0.39 is 0 Å². The number of pyridine rings is 1. The predicted octanol–water partition coefficient (Wildman–Crippen LogP) is 2.32. The Morgan fingerprint density at radius 2 is 1.91 bits per heavy atom. The van der Waals surface area contributed by atoms with Crippen molar-refractivity contribution in [1.82, 2.24) is 29.9 Å². The van der Waals surface area contributed by atoms with Crippen LogP contribution >= 0.6 is 0 Å². The van der Waals surface area contributed by atoms with Crippen molar-refractivity contribution in [2.75, 3.05) is 26.2 Å². The Hall–Kier alpha value is -2.74. The first-order chi connectivity index (χ1) is 15.7. The second-order valence-electron chi connectivity index (χ2n) is 8.78. The zero-order chi connectivity index (χ0) is 22.3. The van der Waals surface area contributed by atoms with Crippen molar-refractivity contribution in [2.45, 2.75) is 58.2 Å². The van der Waals surface area contributed by atoms with Crippen molar-refractivity contribution in [3.63, 3.8) is 0 Å². The van der Waals surface area contributed by atoms with Gasteiger partial charge in [0.2, 0.25) is 5.91 Å². The van der Waals surface area contributed by atoms with E-state index in [0.717, 1.165) is 45.3 Å². The SMILES string of the molecule is CCn1nccc1C(=O)N1CCC2C(=O)NCCCCCCN(Cc3ccncc3)C2C1. The van der Waals surface area contributed by atoms with E-state index in [-0.39, 0.29) is 23.8 Å². The molecule has 2 saturated heterocycles. The number of fused-ring (bicyclic) bond motifs is 1. The van der Waals surface area contributed by atoms with Crippen LogP contribution in [0, 0.1) is 5.92 Å². The van der Waals surface area contributed by atoms with E-state index in [9.17, 15) is 9.59 Å². The van der Waals surface area contributed by atoms with Gasteiger partial charge in [-0.25, -0.2) is 0 Å². The van der Waals surface area contributed by atoms with E-state index in [4.69, 9.17) is 0 Å². The average molecular weight is 439 g/mol. The largest absolute Gasteiger partial charge is 0.356 e. The van der Waals surface area contributed by atoms with Gasteiger partial charge in [-0.3, -0.25) is 24.2 Å². The minimum atomic E-state index is -0.116. The molecule has 0 spiro atoms. The topological polar surface area (TPSA) is 83.4 Å². The van der Waals surface area contributed by atoms with Crippen LogP contribution in [0.4, 0.5) is 0 Å². The monoisotopic (exact) mass is 438 g/mol. The average Bonchev–Trinajstić information content (AvgIpc) is 3.30. The molecule has 2 aromatic heterocycles. The van der Waals surface area contributed by atoms with E-state index in [0.29, 0.717) is 31.7 Å². The summed E-state index contributed by atoms with van der Waals surface area (Å²) in [6.07, 6.45) is 10.4. The summed E-state index contributed by atoms with van der Waals surface area (Å²) in [6.45, 7) is 6.20. The number of nitrogens with zero attached hydrogens (tertiary/aromatic N) is 5. The highest BCUT2D eigenvalue weighted by molar-refractivity contribution is 5.93.